The SMILES string of the molecule is CC(C)OCc1cccc(NC(=O)CCCCCCN)c1. The van der Waals surface area contributed by atoms with E-state index in [1.54, 1.807) is 0 Å². The van der Waals surface area contributed by atoms with Gasteiger partial charge in [-0.15, -0.1) is 0 Å². The second-order valence-corrected chi connectivity index (χ2v) is 5.56. The highest BCUT2D eigenvalue weighted by molar-refractivity contribution is 5.90. The Hall–Kier alpha value is -1.39. The minimum Gasteiger partial charge on any atom is -0.374 e. The summed E-state index contributed by atoms with van der Waals surface area (Å²) < 4.78 is 5.57. The van der Waals surface area contributed by atoms with Gasteiger partial charge in [-0.05, 0) is 50.9 Å². The lowest BCUT2D eigenvalue weighted by Crippen LogP contribution is -2.11. The van der Waals surface area contributed by atoms with Crippen molar-refractivity contribution in [1.29, 1.82) is 0 Å². The molecule has 0 aliphatic heterocycles. The topological polar surface area (TPSA) is 64.3 Å². The third-order valence-corrected chi connectivity index (χ3v) is 3.15. The molecule has 21 heavy (non-hydrogen) atoms. The van der Waals surface area contributed by atoms with Gasteiger partial charge in [0.2, 0.25) is 5.91 Å². The number of amides is 1. The van der Waals surface area contributed by atoms with Crippen molar-refractivity contribution >= 4 is 11.6 Å². The number of hydrogen-bond acceptors (Lipinski definition) is 3. The Balaban J connectivity index is 2.33. The van der Waals surface area contributed by atoms with E-state index < -0.39 is 0 Å². The predicted octanol–water partition coefficient (Wildman–Crippen LogP) is 3.46. The zero-order valence-corrected chi connectivity index (χ0v) is 13.2. The molecule has 0 aromatic heterocycles. The number of ether oxygens (including phenoxy) is 1. The summed E-state index contributed by atoms with van der Waals surface area (Å²) in [4.78, 5) is 11.9. The molecule has 1 amide bonds. The van der Waals surface area contributed by atoms with E-state index in [0.717, 1.165) is 43.5 Å². The Morgan fingerprint density at radius 1 is 1.24 bits per heavy atom. The maximum absolute atomic E-state index is 11.9. The van der Waals surface area contributed by atoms with Crippen molar-refractivity contribution in [1.82, 2.24) is 0 Å². The van der Waals surface area contributed by atoms with Crippen molar-refractivity contribution < 1.29 is 9.53 Å². The molecule has 0 saturated carbocycles. The van der Waals surface area contributed by atoms with Crippen LogP contribution in [-0.4, -0.2) is 18.6 Å². The Morgan fingerprint density at radius 2 is 2.00 bits per heavy atom. The van der Waals surface area contributed by atoms with Crippen LogP contribution in [-0.2, 0) is 16.1 Å². The molecule has 0 aliphatic carbocycles. The van der Waals surface area contributed by atoms with Gasteiger partial charge < -0.3 is 15.8 Å². The smallest absolute Gasteiger partial charge is 0.224 e. The highest BCUT2D eigenvalue weighted by atomic mass is 16.5. The standard InChI is InChI=1S/C17H28N2O2/c1-14(2)21-13-15-8-7-9-16(12-15)19-17(20)10-5-3-4-6-11-18/h7-9,12,14H,3-6,10-11,13,18H2,1-2H3,(H,19,20). The number of carbonyl (C=O) groups is 1. The summed E-state index contributed by atoms with van der Waals surface area (Å²) in [5, 5.41) is 2.94. The highest BCUT2D eigenvalue weighted by Crippen LogP contribution is 2.13. The van der Waals surface area contributed by atoms with Gasteiger partial charge in [-0.3, -0.25) is 4.79 Å². The fourth-order valence-electron chi connectivity index (χ4n) is 2.01. The largest absolute Gasteiger partial charge is 0.374 e. The molecule has 0 aliphatic rings. The van der Waals surface area contributed by atoms with E-state index in [9.17, 15) is 4.79 Å². The van der Waals surface area contributed by atoms with Crippen LogP contribution < -0.4 is 11.1 Å². The minimum absolute atomic E-state index is 0.0738. The van der Waals surface area contributed by atoms with E-state index in [2.05, 4.69) is 5.32 Å². The van der Waals surface area contributed by atoms with E-state index in [0.29, 0.717) is 13.0 Å². The predicted molar refractivity (Wildman–Crippen MR) is 87.1 cm³/mol. The lowest BCUT2D eigenvalue weighted by Gasteiger charge is -2.10. The van der Waals surface area contributed by atoms with Gasteiger partial charge in [0.15, 0.2) is 0 Å². The Bertz CT molecular complexity index is 419. The van der Waals surface area contributed by atoms with Crippen molar-refractivity contribution in [3.05, 3.63) is 29.8 Å². The number of unbranched alkanes of at least 4 members (excludes halogenated alkanes) is 3. The number of nitrogens with two attached hydrogens (primary N) is 1. The Labute approximate surface area is 128 Å². The molecule has 0 heterocycles. The summed E-state index contributed by atoms with van der Waals surface area (Å²) in [6.07, 6.45) is 4.90. The van der Waals surface area contributed by atoms with Crippen LogP contribution in [0.3, 0.4) is 0 Å². The number of anilines is 1. The van der Waals surface area contributed by atoms with Crippen LogP contribution in [0.4, 0.5) is 5.69 Å². The van der Waals surface area contributed by atoms with Crippen LogP contribution in [0.15, 0.2) is 24.3 Å². The second kappa shape index (κ2) is 10.4. The molecule has 1 aromatic rings. The van der Waals surface area contributed by atoms with E-state index in [-0.39, 0.29) is 12.0 Å². The average molecular weight is 292 g/mol. The Morgan fingerprint density at radius 3 is 2.71 bits per heavy atom. The molecule has 0 fully saturated rings. The first-order chi connectivity index (χ1) is 10.1. The van der Waals surface area contributed by atoms with Gasteiger partial charge in [0.25, 0.3) is 0 Å². The third kappa shape index (κ3) is 8.48. The van der Waals surface area contributed by atoms with Gasteiger partial charge in [0, 0.05) is 12.1 Å². The van der Waals surface area contributed by atoms with Crippen LogP contribution in [0.2, 0.25) is 0 Å². The van der Waals surface area contributed by atoms with Gasteiger partial charge in [-0.1, -0.05) is 25.0 Å². The first kappa shape index (κ1) is 17.7. The fourth-order valence-corrected chi connectivity index (χ4v) is 2.01. The third-order valence-electron chi connectivity index (χ3n) is 3.15. The average Bonchev–Trinajstić information content (AvgIpc) is 2.45. The van der Waals surface area contributed by atoms with Crippen LogP contribution in [0.5, 0.6) is 0 Å². The summed E-state index contributed by atoms with van der Waals surface area (Å²) in [5.74, 6) is 0.0738. The normalized spacial score (nSPS) is 10.9. The first-order valence-electron chi connectivity index (χ1n) is 7.82. The van der Waals surface area contributed by atoms with Gasteiger partial charge in [-0.25, -0.2) is 0 Å². The molecule has 0 radical (unpaired) electrons. The van der Waals surface area contributed by atoms with E-state index in [1.165, 1.54) is 0 Å². The number of rotatable bonds is 10. The van der Waals surface area contributed by atoms with Crippen LogP contribution in [0.25, 0.3) is 0 Å². The molecule has 0 atom stereocenters. The molecule has 0 bridgehead atoms. The summed E-state index contributed by atoms with van der Waals surface area (Å²) in [5.41, 5.74) is 7.35. The highest BCUT2D eigenvalue weighted by Gasteiger charge is 2.03. The van der Waals surface area contributed by atoms with Gasteiger partial charge in [0.1, 0.15) is 0 Å². The molecular formula is C17H28N2O2. The quantitative estimate of drug-likeness (QED) is 0.649. The molecule has 1 rings (SSSR count). The molecule has 4 heteroatoms. The summed E-state index contributed by atoms with van der Waals surface area (Å²) in [6.45, 7) is 5.32. The van der Waals surface area contributed by atoms with Gasteiger partial charge >= 0.3 is 0 Å². The number of carbonyl (C=O) groups excluding carboxylic acids is 1. The Kier molecular flexibility index (Phi) is 8.71. The summed E-state index contributed by atoms with van der Waals surface area (Å²) >= 11 is 0. The first-order valence-corrected chi connectivity index (χ1v) is 7.82. The maximum Gasteiger partial charge on any atom is 0.224 e. The van der Waals surface area contributed by atoms with E-state index in [4.69, 9.17) is 10.5 Å². The zero-order chi connectivity index (χ0) is 15.5. The lowest BCUT2D eigenvalue weighted by molar-refractivity contribution is -0.116. The van der Waals surface area contributed by atoms with Gasteiger partial charge in [0.05, 0.1) is 12.7 Å². The van der Waals surface area contributed by atoms with Crippen LogP contribution >= 0.6 is 0 Å². The summed E-state index contributed by atoms with van der Waals surface area (Å²) in [6, 6.07) is 7.82. The van der Waals surface area contributed by atoms with E-state index in [1.807, 2.05) is 38.1 Å². The zero-order valence-electron chi connectivity index (χ0n) is 13.2. The molecule has 4 nitrogen and oxygen atoms in total. The number of nitrogens with one attached hydrogen (secondary N) is 1. The number of hydrogen-bond donors (Lipinski definition) is 2. The van der Waals surface area contributed by atoms with Crippen molar-refractivity contribution in [2.45, 2.75) is 58.7 Å². The van der Waals surface area contributed by atoms with E-state index >= 15 is 0 Å². The molecule has 0 saturated heterocycles. The lowest BCUT2D eigenvalue weighted by atomic mass is 10.1. The van der Waals surface area contributed by atoms with Crippen molar-refractivity contribution in [2.75, 3.05) is 11.9 Å². The maximum atomic E-state index is 11.9. The molecule has 0 spiro atoms. The van der Waals surface area contributed by atoms with Crippen molar-refractivity contribution in [3.8, 4) is 0 Å². The fraction of sp³-hybridized carbons (Fsp3) is 0.588. The molecular weight excluding hydrogens is 264 g/mol. The number of benzene rings is 1. The van der Waals surface area contributed by atoms with Crippen LogP contribution in [0.1, 0.15) is 51.5 Å². The summed E-state index contributed by atoms with van der Waals surface area (Å²) in [7, 11) is 0. The van der Waals surface area contributed by atoms with Crippen LogP contribution in [0, 0.1) is 0 Å². The molecule has 0 unspecified atom stereocenters. The minimum atomic E-state index is 0.0738. The van der Waals surface area contributed by atoms with Crippen molar-refractivity contribution in [2.24, 2.45) is 5.73 Å². The monoisotopic (exact) mass is 292 g/mol. The molecule has 1 aromatic carbocycles. The van der Waals surface area contributed by atoms with Gasteiger partial charge in [-0.2, -0.15) is 0 Å². The molecule has 118 valence electrons. The molecule has 3 N–H and O–H groups in total. The second-order valence-electron chi connectivity index (χ2n) is 5.56. The van der Waals surface area contributed by atoms with Crippen molar-refractivity contribution in [3.63, 3.8) is 0 Å².